The molecule has 0 aliphatic carbocycles. The maximum atomic E-state index is 11.8. The van der Waals surface area contributed by atoms with Crippen LogP contribution in [0.1, 0.15) is 23.1 Å². The highest BCUT2D eigenvalue weighted by Crippen LogP contribution is 2.03. The Balaban J connectivity index is 2.41. The highest BCUT2D eigenvalue weighted by Gasteiger charge is 2.11. The Morgan fingerprint density at radius 1 is 1.59 bits per heavy atom. The van der Waals surface area contributed by atoms with Gasteiger partial charge in [-0.1, -0.05) is 0 Å². The number of carbonyl (C=O) groups is 1. The number of aryl methyl sites for hydroxylation is 2. The molecule has 0 unspecified atom stereocenters. The van der Waals surface area contributed by atoms with Crippen LogP contribution >= 0.6 is 11.6 Å². The Hall–Kier alpha value is -1.07. The Labute approximate surface area is 106 Å². The van der Waals surface area contributed by atoms with Crippen LogP contribution in [0.15, 0.2) is 6.07 Å². The van der Waals surface area contributed by atoms with Crippen LogP contribution in [0.2, 0.25) is 0 Å². The van der Waals surface area contributed by atoms with E-state index < -0.39 is 0 Å². The molecule has 1 amide bonds. The number of nitrogens with one attached hydrogen (secondary N) is 1. The van der Waals surface area contributed by atoms with Gasteiger partial charge in [-0.25, -0.2) is 0 Å². The number of hydrogen-bond donors (Lipinski definition) is 1. The van der Waals surface area contributed by atoms with E-state index in [-0.39, 0.29) is 5.91 Å². The summed E-state index contributed by atoms with van der Waals surface area (Å²) in [6.07, 6.45) is 0. The summed E-state index contributed by atoms with van der Waals surface area (Å²) in [5.74, 6) is 0.345. The van der Waals surface area contributed by atoms with Crippen molar-refractivity contribution in [1.29, 1.82) is 0 Å². The van der Waals surface area contributed by atoms with Crippen molar-refractivity contribution in [3.63, 3.8) is 0 Å². The summed E-state index contributed by atoms with van der Waals surface area (Å²) in [6, 6.07) is 1.78. The van der Waals surface area contributed by atoms with E-state index in [0.717, 1.165) is 5.69 Å². The van der Waals surface area contributed by atoms with E-state index in [1.54, 1.807) is 10.7 Å². The van der Waals surface area contributed by atoms with Gasteiger partial charge in [-0.15, -0.1) is 11.6 Å². The summed E-state index contributed by atoms with van der Waals surface area (Å²) in [4.78, 5) is 11.8. The minimum absolute atomic E-state index is 0.123. The maximum absolute atomic E-state index is 11.8. The summed E-state index contributed by atoms with van der Waals surface area (Å²) >= 11 is 5.46. The van der Waals surface area contributed by atoms with E-state index in [1.807, 2.05) is 13.8 Å². The lowest BCUT2D eigenvalue weighted by atomic mass is 10.3. The minimum atomic E-state index is -0.123. The van der Waals surface area contributed by atoms with Crippen LogP contribution in [0.3, 0.4) is 0 Å². The zero-order valence-corrected chi connectivity index (χ0v) is 11.0. The third-order valence-corrected chi connectivity index (χ3v) is 2.34. The van der Waals surface area contributed by atoms with Crippen LogP contribution in [0.25, 0.3) is 0 Å². The van der Waals surface area contributed by atoms with Gasteiger partial charge in [-0.2, -0.15) is 5.10 Å². The fourth-order valence-corrected chi connectivity index (χ4v) is 1.56. The summed E-state index contributed by atoms with van der Waals surface area (Å²) in [6.45, 7) is 5.95. The zero-order chi connectivity index (χ0) is 12.7. The number of carbonyl (C=O) groups excluding carboxylic acids is 1. The predicted octanol–water partition coefficient (Wildman–Crippen LogP) is 1.20. The van der Waals surface area contributed by atoms with Gasteiger partial charge in [0.05, 0.1) is 18.9 Å². The fourth-order valence-electron chi connectivity index (χ4n) is 1.45. The number of ether oxygens (including phenoxy) is 1. The molecular weight excluding hydrogens is 242 g/mol. The van der Waals surface area contributed by atoms with E-state index in [2.05, 4.69) is 10.4 Å². The first-order valence-electron chi connectivity index (χ1n) is 5.65. The lowest BCUT2D eigenvalue weighted by Crippen LogP contribution is -2.29. The highest BCUT2D eigenvalue weighted by molar-refractivity contribution is 6.17. The molecule has 0 spiro atoms. The molecule has 0 aromatic carbocycles. The third kappa shape index (κ3) is 4.36. The molecule has 6 heteroatoms. The van der Waals surface area contributed by atoms with Crippen molar-refractivity contribution in [3.8, 4) is 0 Å². The molecule has 1 aromatic heterocycles. The average Bonchev–Trinajstić information content (AvgIpc) is 2.70. The molecule has 0 aliphatic heterocycles. The predicted molar refractivity (Wildman–Crippen MR) is 66.5 cm³/mol. The molecule has 1 aromatic rings. The van der Waals surface area contributed by atoms with Gasteiger partial charge in [-0.3, -0.25) is 9.48 Å². The van der Waals surface area contributed by atoms with E-state index in [9.17, 15) is 4.79 Å². The standard InChI is InChI=1S/C11H18ClN3O2/c1-3-15-10(8-9(2)14-15)11(16)13-5-7-17-6-4-12/h8H,3-7H2,1-2H3,(H,13,16). The van der Waals surface area contributed by atoms with Crippen molar-refractivity contribution in [2.75, 3.05) is 25.6 Å². The van der Waals surface area contributed by atoms with Gasteiger partial charge >= 0.3 is 0 Å². The molecule has 0 radical (unpaired) electrons. The second-order valence-electron chi connectivity index (χ2n) is 3.54. The Kier molecular flexibility index (Phi) is 6.00. The lowest BCUT2D eigenvalue weighted by Gasteiger charge is -2.06. The van der Waals surface area contributed by atoms with Gasteiger partial charge < -0.3 is 10.1 Å². The van der Waals surface area contributed by atoms with E-state index in [1.165, 1.54) is 0 Å². The Morgan fingerprint density at radius 2 is 2.35 bits per heavy atom. The molecule has 17 heavy (non-hydrogen) atoms. The van der Waals surface area contributed by atoms with Crippen LogP contribution in [-0.4, -0.2) is 41.3 Å². The lowest BCUT2D eigenvalue weighted by molar-refractivity contribution is 0.0913. The number of rotatable bonds is 7. The molecule has 0 atom stereocenters. The molecule has 0 saturated carbocycles. The summed E-state index contributed by atoms with van der Waals surface area (Å²) < 4.78 is 6.85. The maximum Gasteiger partial charge on any atom is 0.269 e. The van der Waals surface area contributed by atoms with Gasteiger partial charge in [0.1, 0.15) is 5.69 Å². The number of alkyl halides is 1. The van der Waals surface area contributed by atoms with Crippen molar-refractivity contribution in [2.45, 2.75) is 20.4 Å². The molecule has 5 nitrogen and oxygen atoms in total. The Morgan fingerprint density at radius 3 is 3.00 bits per heavy atom. The first kappa shape index (κ1) is 14.0. The van der Waals surface area contributed by atoms with Gasteiger partial charge in [0.25, 0.3) is 5.91 Å². The van der Waals surface area contributed by atoms with Crippen molar-refractivity contribution in [3.05, 3.63) is 17.5 Å². The molecule has 1 rings (SSSR count). The highest BCUT2D eigenvalue weighted by atomic mass is 35.5. The number of amides is 1. The van der Waals surface area contributed by atoms with Crippen molar-refractivity contribution in [2.24, 2.45) is 0 Å². The molecule has 1 heterocycles. The van der Waals surface area contributed by atoms with Crippen LogP contribution in [0.4, 0.5) is 0 Å². The number of halogens is 1. The van der Waals surface area contributed by atoms with E-state index in [0.29, 0.717) is 37.9 Å². The number of hydrogen-bond acceptors (Lipinski definition) is 3. The normalized spacial score (nSPS) is 10.5. The first-order chi connectivity index (χ1) is 8.19. The monoisotopic (exact) mass is 259 g/mol. The molecular formula is C11H18ClN3O2. The first-order valence-corrected chi connectivity index (χ1v) is 6.18. The smallest absolute Gasteiger partial charge is 0.269 e. The van der Waals surface area contributed by atoms with E-state index >= 15 is 0 Å². The summed E-state index contributed by atoms with van der Waals surface area (Å²) in [5, 5.41) is 6.99. The summed E-state index contributed by atoms with van der Waals surface area (Å²) in [5.41, 5.74) is 1.43. The number of nitrogens with zero attached hydrogens (tertiary/aromatic N) is 2. The minimum Gasteiger partial charge on any atom is -0.378 e. The fraction of sp³-hybridized carbons (Fsp3) is 0.636. The topological polar surface area (TPSA) is 56.2 Å². The van der Waals surface area contributed by atoms with Crippen LogP contribution in [0, 0.1) is 6.92 Å². The molecule has 0 aliphatic rings. The van der Waals surface area contributed by atoms with Crippen molar-refractivity contribution < 1.29 is 9.53 Å². The molecule has 1 N–H and O–H groups in total. The van der Waals surface area contributed by atoms with Crippen LogP contribution in [0.5, 0.6) is 0 Å². The van der Waals surface area contributed by atoms with Crippen LogP contribution in [-0.2, 0) is 11.3 Å². The Bertz CT molecular complexity index is 366. The van der Waals surface area contributed by atoms with Gasteiger partial charge in [0, 0.05) is 19.0 Å². The quantitative estimate of drug-likeness (QED) is 0.591. The largest absolute Gasteiger partial charge is 0.378 e. The van der Waals surface area contributed by atoms with Gasteiger partial charge in [0.15, 0.2) is 0 Å². The van der Waals surface area contributed by atoms with Crippen LogP contribution < -0.4 is 5.32 Å². The SMILES string of the molecule is CCn1nc(C)cc1C(=O)NCCOCCCl. The molecule has 96 valence electrons. The van der Waals surface area contributed by atoms with Crippen molar-refractivity contribution >= 4 is 17.5 Å². The van der Waals surface area contributed by atoms with Gasteiger partial charge in [-0.05, 0) is 19.9 Å². The second-order valence-corrected chi connectivity index (χ2v) is 3.92. The zero-order valence-electron chi connectivity index (χ0n) is 10.2. The second kappa shape index (κ2) is 7.29. The molecule has 0 saturated heterocycles. The molecule has 0 bridgehead atoms. The average molecular weight is 260 g/mol. The summed E-state index contributed by atoms with van der Waals surface area (Å²) in [7, 11) is 0. The third-order valence-electron chi connectivity index (χ3n) is 2.19. The van der Waals surface area contributed by atoms with Gasteiger partial charge in [0.2, 0.25) is 0 Å². The number of aromatic nitrogens is 2. The molecule has 0 fully saturated rings. The van der Waals surface area contributed by atoms with Crippen molar-refractivity contribution in [1.82, 2.24) is 15.1 Å². The van der Waals surface area contributed by atoms with E-state index in [4.69, 9.17) is 16.3 Å².